The van der Waals surface area contributed by atoms with Gasteiger partial charge < -0.3 is 19.2 Å². The zero-order valence-corrected chi connectivity index (χ0v) is 13.3. The maximum atomic E-state index is 5.36. The van der Waals surface area contributed by atoms with Crippen LogP contribution in [0.3, 0.4) is 0 Å². The van der Waals surface area contributed by atoms with E-state index in [1.165, 1.54) is 0 Å². The van der Waals surface area contributed by atoms with Crippen molar-refractivity contribution in [2.24, 2.45) is 0 Å². The molecule has 2 aromatic carbocycles. The van der Waals surface area contributed by atoms with Gasteiger partial charge in [-0.25, -0.2) is 4.98 Å². The fourth-order valence-electron chi connectivity index (χ4n) is 2.42. The van der Waals surface area contributed by atoms with Crippen LogP contribution in [0.1, 0.15) is 11.4 Å². The van der Waals surface area contributed by atoms with E-state index < -0.39 is 0 Å². The number of ether oxygens (including phenoxy) is 3. The van der Waals surface area contributed by atoms with Crippen LogP contribution in [0.15, 0.2) is 36.4 Å². The lowest BCUT2D eigenvalue weighted by molar-refractivity contribution is 0.324. The average Bonchev–Trinajstić information content (AvgIpc) is 3.01. The van der Waals surface area contributed by atoms with E-state index in [0.717, 1.165) is 22.4 Å². The number of benzene rings is 2. The number of rotatable bonds is 5. The van der Waals surface area contributed by atoms with Crippen LogP contribution in [0.5, 0.6) is 17.2 Å². The molecular formula is C18H18N2O3. The topological polar surface area (TPSA) is 56.4 Å². The zero-order chi connectivity index (χ0) is 16.2. The minimum Gasteiger partial charge on any atom is -0.493 e. The Morgan fingerprint density at radius 1 is 0.913 bits per heavy atom. The van der Waals surface area contributed by atoms with Crippen LogP contribution in [-0.4, -0.2) is 31.3 Å². The van der Waals surface area contributed by atoms with Gasteiger partial charge in [0.25, 0.3) is 0 Å². The summed E-state index contributed by atoms with van der Waals surface area (Å²) in [6, 6.07) is 11.7. The molecule has 0 fully saturated rings. The van der Waals surface area contributed by atoms with Crippen molar-refractivity contribution in [3.8, 4) is 17.2 Å². The van der Waals surface area contributed by atoms with Gasteiger partial charge in [-0.1, -0.05) is 18.2 Å². The molecule has 0 atom stereocenters. The number of aromatic amines is 1. The smallest absolute Gasteiger partial charge is 0.203 e. The Labute approximate surface area is 134 Å². The Morgan fingerprint density at radius 3 is 2.22 bits per heavy atom. The molecule has 0 unspecified atom stereocenters. The van der Waals surface area contributed by atoms with Crippen molar-refractivity contribution in [1.29, 1.82) is 0 Å². The first-order valence-electron chi connectivity index (χ1n) is 7.18. The zero-order valence-electron chi connectivity index (χ0n) is 13.3. The molecule has 0 aliphatic rings. The molecule has 5 heteroatoms. The van der Waals surface area contributed by atoms with E-state index >= 15 is 0 Å². The van der Waals surface area contributed by atoms with Crippen LogP contribution in [0.2, 0.25) is 0 Å². The molecule has 1 aromatic heterocycles. The van der Waals surface area contributed by atoms with Gasteiger partial charge in [0.1, 0.15) is 5.82 Å². The highest BCUT2D eigenvalue weighted by Gasteiger charge is 2.12. The summed E-state index contributed by atoms with van der Waals surface area (Å²) in [5.41, 5.74) is 2.88. The molecule has 0 aliphatic heterocycles. The van der Waals surface area contributed by atoms with Gasteiger partial charge in [0, 0.05) is 0 Å². The molecule has 118 valence electrons. The van der Waals surface area contributed by atoms with Gasteiger partial charge in [-0.3, -0.25) is 0 Å². The highest BCUT2D eigenvalue weighted by molar-refractivity contribution is 5.79. The summed E-state index contributed by atoms with van der Waals surface area (Å²) < 4.78 is 16.0. The number of hydrogen-bond acceptors (Lipinski definition) is 4. The maximum Gasteiger partial charge on any atom is 0.203 e. The van der Waals surface area contributed by atoms with Gasteiger partial charge >= 0.3 is 0 Å². The first-order chi connectivity index (χ1) is 11.2. The standard InChI is InChI=1S/C18H18N2O3/c1-21-15-10-12(11-16(22-2)18(15)23-3)8-9-17-19-13-6-4-5-7-14(13)20-17/h4-11H,1-3H3,(H,19,20)/b9-8+. The van der Waals surface area contributed by atoms with E-state index in [2.05, 4.69) is 9.97 Å². The van der Waals surface area contributed by atoms with Crippen LogP contribution in [-0.2, 0) is 0 Å². The second kappa shape index (κ2) is 6.44. The van der Waals surface area contributed by atoms with Crippen LogP contribution in [0, 0.1) is 0 Å². The number of aromatic nitrogens is 2. The Balaban J connectivity index is 1.95. The number of hydrogen-bond donors (Lipinski definition) is 1. The van der Waals surface area contributed by atoms with Gasteiger partial charge in [-0.05, 0) is 35.9 Å². The van der Waals surface area contributed by atoms with Crippen molar-refractivity contribution in [1.82, 2.24) is 9.97 Å². The molecule has 0 aliphatic carbocycles. The summed E-state index contributed by atoms with van der Waals surface area (Å²) in [5.74, 6) is 2.61. The van der Waals surface area contributed by atoms with E-state index in [9.17, 15) is 0 Å². The highest BCUT2D eigenvalue weighted by Crippen LogP contribution is 2.38. The molecule has 0 radical (unpaired) electrons. The van der Waals surface area contributed by atoms with Gasteiger partial charge in [0.05, 0.1) is 32.4 Å². The summed E-state index contributed by atoms with van der Waals surface area (Å²) in [6.07, 6.45) is 3.86. The minimum absolute atomic E-state index is 0.580. The van der Waals surface area contributed by atoms with Gasteiger partial charge in [0.2, 0.25) is 5.75 Å². The molecule has 0 amide bonds. The second-order valence-electron chi connectivity index (χ2n) is 4.93. The minimum atomic E-state index is 0.580. The molecule has 0 saturated heterocycles. The number of nitrogens with zero attached hydrogens (tertiary/aromatic N) is 1. The third kappa shape index (κ3) is 2.99. The number of fused-ring (bicyclic) bond motifs is 1. The molecule has 3 aromatic rings. The molecule has 0 spiro atoms. The Bertz CT molecular complexity index is 794. The highest BCUT2D eigenvalue weighted by atomic mass is 16.5. The normalized spacial score (nSPS) is 11.1. The van der Waals surface area contributed by atoms with Crippen molar-refractivity contribution < 1.29 is 14.2 Å². The first-order valence-corrected chi connectivity index (χ1v) is 7.18. The lowest BCUT2D eigenvalue weighted by atomic mass is 10.1. The Hall–Kier alpha value is -2.95. The first kappa shape index (κ1) is 15.0. The van der Waals surface area contributed by atoms with Gasteiger partial charge in [0.15, 0.2) is 11.5 Å². The SMILES string of the molecule is COc1cc(/C=C/c2nc3ccccc3[nH]2)cc(OC)c1OC. The van der Waals surface area contributed by atoms with Crippen molar-refractivity contribution in [2.75, 3.05) is 21.3 Å². The van der Waals surface area contributed by atoms with Crippen molar-refractivity contribution >= 4 is 23.2 Å². The van der Waals surface area contributed by atoms with Crippen LogP contribution < -0.4 is 14.2 Å². The fourth-order valence-corrected chi connectivity index (χ4v) is 2.42. The van der Waals surface area contributed by atoms with Gasteiger partial charge in [-0.15, -0.1) is 0 Å². The van der Waals surface area contributed by atoms with Crippen molar-refractivity contribution in [3.63, 3.8) is 0 Å². The number of methoxy groups -OCH3 is 3. The number of H-pyrrole nitrogens is 1. The maximum absolute atomic E-state index is 5.36. The van der Waals surface area contributed by atoms with E-state index in [4.69, 9.17) is 14.2 Å². The van der Waals surface area contributed by atoms with Crippen molar-refractivity contribution in [2.45, 2.75) is 0 Å². The molecule has 0 bridgehead atoms. The van der Waals surface area contributed by atoms with Crippen molar-refractivity contribution in [3.05, 3.63) is 47.8 Å². The number of para-hydroxylation sites is 2. The van der Waals surface area contributed by atoms with E-state index in [1.807, 2.05) is 48.6 Å². The molecule has 0 saturated carbocycles. The van der Waals surface area contributed by atoms with Crippen LogP contribution in [0.25, 0.3) is 23.2 Å². The fraction of sp³-hybridized carbons (Fsp3) is 0.167. The predicted molar refractivity (Wildman–Crippen MR) is 91.1 cm³/mol. The summed E-state index contributed by atoms with van der Waals surface area (Å²) in [4.78, 5) is 7.78. The molecule has 3 rings (SSSR count). The Kier molecular flexibility index (Phi) is 4.19. The average molecular weight is 310 g/mol. The number of nitrogens with one attached hydrogen (secondary N) is 1. The molecule has 1 heterocycles. The molecular weight excluding hydrogens is 292 g/mol. The van der Waals surface area contributed by atoms with Crippen LogP contribution in [0.4, 0.5) is 0 Å². The lowest BCUT2D eigenvalue weighted by Crippen LogP contribution is -1.95. The summed E-state index contributed by atoms with van der Waals surface area (Å²) in [7, 11) is 4.79. The summed E-state index contributed by atoms with van der Waals surface area (Å²) in [5, 5.41) is 0. The second-order valence-corrected chi connectivity index (χ2v) is 4.93. The largest absolute Gasteiger partial charge is 0.493 e. The van der Waals surface area contributed by atoms with E-state index in [0.29, 0.717) is 17.2 Å². The summed E-state index contributed by atoms with van der Waals surface area (Å²) in [6.45, 7) is 0. The summed E-state index contributed by atoms with van der Waals surface area (Å²) >= 11 is 0. The third-order valence-electron chi connectivity index (χ3n) is 3.53. The molecule has 23 heavy (non-hydrogen) atoms. The number of imidazole rings is 1. The molecule has 1 N–H and O–H groups in total. The Morgan fingerprint density at radius 2 is 1.61 bits per heavy atom. The monoisotopic (exact) mass is 310 g/mol. The van der Waals surface area contributed by atoms with E-state index in [-0.39, 0.29) is 0 Å². The van der Waals surface area contributed by atoms with Crippen LogP contribution >= 0.6 is 0 Å². The molecule has 5 nitrogen and oxygen atoms in total. The third-order valence-corrected chi connectivity index (χ3v) is 3.53. The quantitative estimate of drug-likeness (QED) is 0.779. The van der Waals surface area contributed by atoms with Gasteiger partial charge in [-0.2, -0.15) is 0 Å². The lowest BCUT2D eigenvalue weighted by Gasteiger charge is -2.12. The van der Waals surface area contributed by atoms with E-state index in [1.54, 1.807) is 21.3 Å². The predicted octanol–water partition coefficient (Wildman–Crippen LogP) is 3.76.